The Morgan fingerprint density at radius 3 is 2.25 bits per heavy atom. The van der Waals surface area contributed by atoms with Crippen LogP contribution in [0.4, 0.5) is 0 Å². The van der Waals surface area contributed by atoms with Gasteiger partial charge in [0.2, 0.25) is 5.91 Å². The number of likely N-dealkylation sites (tertiary alicyclic amines) is 1. The Balaban J connectivity index is 2.34. The van der Waals surface area contributed by atoms with E-state index in [2.05, 4.69) is 31.0 Å². The van der Waals surface area contributed by atoms with Gasteiger partial charge in [0.25, 0.3) is 0 Å². The molecule has 1 heterocycles. The molecule has 1 amide bonds. The number of primary amides is 1. The first-order chi connectivity index (χ1) is 9.20. The molecule has 1 aliphatic heterocycles. The van der Waals surface area contributed by atoms with Crippen LogP contribution in [0.5, 0.6) is 0 Å². The Kier molecular flexibility index (Phi) is 6.46. The van der Waals surface area contributed by atoms with E-state index in [0.29, 0.717) is 11.5 Å². The number of nitrogens with one attached hydrogen (secondary N) is 1. The Morgan fingerprint density at radius 2 is 1.85 bits per heavy atom. The third-order valence-electron chi connectivity index (χ3n) is 4.42. The zero-order valence-electron chi connectivity index (χ0n) is 13.9. The standard InChI is InChI=1S/C16H33N3O/c1-12(2)18-14(15(17)20)8-11-19-9-6-13(7-10-19)16(3,4)5/h12-14,18H,6-11H2,1-5H3,(H2,17,20). The molecule has 1 rings (SSSR count). The normalized spacial score (nSPS) is 20.3. The van der Waals surface area contributed by atoms with Gasteiger partial charge in [-0.15, -0.1) is 0 Å². The zero-order valence-corrected chi connectivity index (χ0v) is 13.9. The summed E-state index contributed by atoms with van der Waals surface area (Å²) in [6, 6.07) is 0.0921. The van der Waals surface area contributed by atoms with Gasteiger partial charge in [0.15, 0.2) is 0 Å². The molecular formula is C16H33N3O. The summed E-state index contributed by atoms with van der Waals surface area (Å²) in [4.78, 5) is 13.9. The van der Waals surface area contributed by atoms with Gasteiger partial charge in [-0.1, -0.05) is 34.6 Å². The third kappa shape index (κ3) is 5.80. The number of carbonyl (C=O) groups is 1. The van der Waals surface area contributed by atoms with Crippen molar-refractivity contribution in [3.05, 3.63) is 0 Å². The highest BCUT2D eigenvalue weighted by Crippen LogP contribution is 2.34. The third-order valence-corrected chi connectivity index (χ3v) is 4.42. The topological polar surface area (TPSA) is 58.4 Å². The number of hydrogen-bond acceptors (Lipinski definition) is 3. The van der Waals surface area contributed by atoms with Crippen molar-refractivity contribution in [2.24, 2.45) is 17.1 Å². The molecule has 0 aliphatic carbocycles. The first-order valence-corrected chi connectivity index (χ1v) is 7.98. The fraction of sp³-hybridized carbons (Fsp3) is 0.938. The Bertz CT molecular complexity index is 301. The molecule has 0 spiro atoms. The van der Waals surface area contributed by atoms with Crippen molar-refractivity contribution >= 4 is 5.91 Å². The molecule has 0 saturated carbocycles. The second-order valence-electron chi connectivity index (χ2n) is 7.55. The molecule has 1 atom stereocenters. The van der Waals surface area contributed by atoms with Crippen LogP contribution in [0.1, 0.15) is 53.9 Å². The highest BCUT2D eigenvalue weighted by Gasteiger charge is 2.29. The van der Waals surface area contributed by atoms with Crippen LogP contribution in [0.2, 0.25) is 0 Å². The van der Waals surface area contributed by atoms with E-state index in [1.165, 1.54) is 12.8 Å². The number of nitrogens with two attached hydrogens (primary N) is 1. The number of nitrogens with zero attached hydrogens (tertiary/aromatic N) is 1. The molecule has 118 valence electrons. The first kappa shape index (κ1) is 17.4. The highest BCUT2D eigenvalue weighted by molar-refractivity contribution is 5.79. The van der Waals surface area contributed by atoms with E-state index in [4.69, 9.17) is 5.73 Å². The molecule has 20 heavy (non-hydrogen) atoms. The number of carbonyl (C=O) groups excluding carboxylic acids is 1. The van der Waals surface area contributed by atoms with Gasteiger partial charge in [0.05, 0.1) is 6.04 Å². The van der Waals surface area contributed by atoms with Crippen LogP contribution >= 0.6 is 0 Å². The lowest BCUT2D eigenvalue weighted by Crippen LogP contribution is -2.47. The number of hydrogen-bond donors (Lipinski definition) is 2. The molecule has 1 fully saturated rings. The molecule has 4 nitrogen and oxygen atoms in total. The van der Waals surface area contributed by atoms with Crippen LogP contribution in [0, 0.1) is 11.3 Å². The summed E-state index contributed by atoms with van der Waals surface area (Å²) in [6.07, 6.45) is 3.35. The van der Waals surface area contributed by atoms with Gasteiger partial charge >= 0.3 is 0 Å². The van der Waals surface area contributed by atoms with Crippen molar-refractivity contribution in [3.63, 3.8) is 0 Å². The Hall–Kier alpha value is -0.610. The molecule has 0 aromatic rings. The number of amides is 1. The van der Waals surface area contributed by atoms with Gasteiger partial charge in [0, 0.05) is 12.6 Å². The van der Waals surface area contributed by atoms with E-state index < -0.39 is 0 Å². The van der Waals surface area contributed by atoms with Gasteiger partial charge in [-0.25, -0.2) is 0 Å². The van der Waals surface area contributed by atoms with Crippen molar-refractivity contribution in [2.75, 3.05) is 19.6 Å². The molecule has 3 N–H and O–H groups in total. The zero-order chi connectivity index (χ0) is 15.3. The lowest BCUT2D eigenvalue weighted by Gasteiger charge is -2.39. The van der Waals surface area contributed by atoms with Gasteiger partial charge < -0.3 is 16.0 Å². The molecule has 0 bridgehead atoms. The maximum atomic E-state index is 11.4. The predicted octanol–water partition coefficient (Wildman–Crippen LogP) is 1.99. The van der Waals surface area contributed by atoms with Crippen molar-refractivity contribution in [1.82, 2.24) is 10.2 Å². The summed E-state index contributed by atoms with van der Waals surface area (Å²) in [7, 11) is 0. The van der Waals surface area contributed by atoms with Gasteiger partial charge in [-0.2, -0.15) is 0 Å². The van der Waals surface area contributed by atoms with Gasteiger partial charge in [-0.05, 0) is 43.7 Å². The summed E-state index contributed by atoms with van der Waals surface area (Å²) in [5.74, 6) is 0.586. The van der Waals surface area contributed by atoms with E-state index in [0.717, 1.165) is 32.0 Å². The first-order valence-electron chi connectivity index (χ1n) is 7.98. The predicted molar refractivity (Wildman–Crippen MR) is 84.5 cm³/mol. The fourth-order valence-corrected chi connectivity index (χ4v) is 3.04. The average molecular weight is 283 g/mol. The van der Waals surface area contributed by atoms with Crippen LogP contribution in [0.15, 0.2) is 0 Å². The van der Waals surface area contributed by atoms with Crippen LogP contribution in [-0.2, 0) is 4.79 Å². The molecule has 0 aromatic carbocycles. The van der Waals surface area contributed by atoms with Crippen LogP contribution in [0.25, 0.3) is 0 Å². The highest BCUT2D eigenvalue weighted by atomic mass is 16.1. The van der Waals surface area contributed by atoms with E-state index >= 15 is 0 Å². The van der Waals surface area contributed by atoms with Crippen LogP contribution in [-0.4, -0.2) is 42.5 Å². The van der Waals surface area contributed by atoms with Crippen molar-refractivity contribution in [1.29, 1.82) is 0 Å². The smallest absolute Gasteiger partial charge is 0.234 e. The summed E-state index contributed by atoms with van der Waals surface area (Å²) >= 11 is 0. The minimum atomic E-state index is -0.233. The number of rotatable bonds is 6. The van der Waals surface area contributed by atoms with Crippen molar-refractivity contribution in [2.45, 2.75) is 66.0 Å². The summed E-state index contributed by atoms with van der Waals surface area (Å²) in [5, 5.41) is 3.25. The Morgan fingerprint density at radius 1 is 1.30 bits per heavy atom. The minimum absolute atomic E-state index is 0.199. The lowest BCUT2D eigenvalue weighted by molar-refractivity contribution is -0.120. The average Bonchev–Trinajstić information content (AvgIpc) is 2.33. The molecule has 1 unspecified atom stereocenters. The van der Waals surface area contributed by atoms with E-state index in [1.54, 1.807) is 0 Å². The van der Waals surface area contributed by atoms with Crippen LogP contribution in [0.3, 0.4) is 0 Å². The molecule has 1 saturated heterocycles. The summed E-state index contributed by atoms with van der Waals surface area (Å²) in [5.41, 5.74) is 5.88. The fourth-order valence-electron chi connectivity index (χ4n) is 3.04. The maximum Gasteiger partial charge on any atom is 0.234 e. The summed E-state index contributed by atoms with van der Waals surface area (Å²) < 4.78 is 0. The quantitative estimate of drug-likeness (QED) is 0.784. The molecule has 0 aromatic heterocycles. The Labute approximate surface area is 124 Å². The maximum absolute atomic E-state index is 11.4. The van der Waals surface area contributed by atoms with Gasteiger partial charge in [-0.3, -0.25) is 4.79 Å². The van der Waals surface area contributed by atoms with Crippen molar-refractivity contribution < 1.29 is 4.79 Å². The second-order valence-corrected chi connectivity index (χ2v) is 7.55. The van der Waals surface area contributed by atoms with E-state index in [-0.39, 0.29) is 11.9 Å². The second kappa shape index (κ2) is 7.41. The molecule has 0 radical (unpaired) electrons. The number of piperidine rings is 1. The summed E-state index contributed by atoms with van der Waals surface area (Å²) in [6.45, 7) is 14.4. The van der Waals surface area contributed by atoms with Gasteiger partial charge in [0.1, 0.15) is 0 Å². The van der Waals surface area contributed by atoms with E-state index in [1.807, 2.05) is 13.8 Å². The van der Waals surface area contributed by atoms with Crippen LogP contribution < -0.4 is 11.1 Å². The lowest BCUT2D eigenvalue weighted by atomic mass is 9.75. The molecule has 4 heteroatoms. The van der Waals surface area contributed by atoms with E-state index in [9.17, 15) is 4.79 Å². The molecular weight excluding hydrogens is 250 g/mol. The largest absolute Gasteiger partial charge is 0.368 e. The van der Waals surface area contributed by atoms with Crippen molar-refractivity contribution in [3.8, 4) is 0 Å². The monoisotopic (exact) mass is 283 g/mol. The molecule has 1 aliphatic rings. The SMILES string of the molecule is CC(C)NC(CCN1CCC(C(C)(C)C)CC1)C(N)=O. The minimum Gasteiger partial charge on any atom is -0.368 e.